The van der Waals surface area contributed by atoms with Crippen LogP contribution >= 0.6 is 0 Å². The van der Waals surface area contributed by atoms with E-state index in [0.717, 1.165) is 61.0 Å². The SMILES string of the molecule is N#Cc1cc(-c2cccc(-n3c4ccccc4c4cc(-n5c6ccccc6c6ccccc65)ccc43)c2)cc(-n2c3ccccc3c3cccc(C#N)c32)c1. The fraction of sp³-hybridized carbons (Fsp3) is 0. The lowest BCUT2D eigenvalue weighted by atomic mass is 10.0. The van der Waals surface area contributed by atoms with Gasteiger partial charge in [-0.1, -0.05) is 97.1 Å². The van der Waals surface area contributed by atoms with Gasteiger partial charge < -0.3 is 13.7 Å². The summed E-state index contributed by atoms with van der Waals surface area (Å²) in [4.78, 5) is 0. The van der Waals surface area contributed by atoms with Gasteiger partial charge in [0.2, 0.25) is 0 Å². The van der Waals surface area contributed by atoms with E-state index in [1.165, 1.54) is 32.6 Å². The van der Waals surface area contributed by atoms with Crippen molar-refractivity contribution in [3.05, 3.63) is 187 Å². The first kappa shape index (κ1) is 30.7. The van der Waals surface area contributed by atoms with Crippen LogP contribution in [0.15, 0.2) is 176 Å². The van der Waals surface area contributed by atoms with Crippen LogP contribution < -0.4 is 0 Å². The van der Waals surface area contributed by atoms with E-state index in [0.29, 0.717) is 11.1 Å². The molecule has 0 unspecified atom stereocenters. The first-order valence-corrected chi connectivity index (χ1v) is 18.3. The highest BCUT2D eigenvalue weighted by Gasteiger charge is 2.19. The predicted molar refractivity (Wildman–Crippen MR) is 224 cm³/mol. The largest absolute Gasteiger partial charge is 0.309 e. The Kier molecular flexibility index (Phi) is 6.61. The summed E-state index contributed by atoms with van der Waals surface area (Å²) >= 11 is 0. The second-order valence-electron chi connectivity index (χ2n) is 14.0. The van der Waals surface area contributed by atoms with Gasteiger partial charge in [0, 0.05) is 49.4 Å². The maximum atomic E-state index is 10.3. The minimum absolute atomic E-state index is 0.549. The molecule has 11 rings (SSSR count). The van der Waals surface area contributed by atoms with Gasteiger partial charge in [0.1, 0.15) is 6.07 Å². The third kappa shape index (κ3) is 4.51. The second-order valence-corrected chi connectivity index (χ2v) is 14.0. The van der Waals surface area contributed by atoms with E-state index < -0.39 is 0 Å². The Hall–Kier alpha value is -7.86. The molecular weight excluding hydrogens is 671 g/mol. The van der Waals surface area contributed by atoms with Crippen molar-refractivity contribution in [1.82, 2.24) is 13.7 Å². The minimum atomic E-state index is 0.549. The lowest BCUT2D eigenvalue weighted by Gasteiger charge is -2.14. The Morgan fingerprint density at radius 2 is 0.836 bits per heavy atom. The fourth-order valence-electron chi connectivity index (χ4n) is 8.75. The summed E-state index contributed by atoms with van der Waals surface area (Å²) in [6.45, 7) is 0. The maximum Gasteiger partial charge on any atom is 0.101 e. The Labute approximate surface area is 316 Å². The van der Waals surface area contributed by atoms with Crippen LogP contribution in [-0.2, 0) is 0 Å². The smallest absolute Gasteiger partial charge is 0.101 e. The molecule has 0 saturated heterocycles. The lowest BCUT2D eigenvalue weighted by molar-refractivity contribution is 1.16. The Morgan fingerprint density at radius 1 is 0.327 bits per heavy atom. The molecule has 0 saturated carbocycles. The fourth-order valence-corrected chi connectivity index (χ4v) is 8.75. The van der Waals surface area contributed by atoms with Crippen molar-refractivity contribution in [3.8, 4) is 40.3 Å². The number of hydrogen-bond donors (Lipinski definition) is 0. The summed E-state index contributed by atoms with van der Waals surface area (Å²) in [5.74, 6) is 0. The van der Waals surface area contributed by atoms with Crippen LogP contribution in [0.25, 0.3) is 93.6 Å². The van der Waals surface area contributed by atoms with E-state index in [-0.39, 0.29) is 0 Å². The molecular formula is C50H29N5. The minimum Gasteiger partial charge on any atom is -0.309 e. The average molecular weight is 700 g/mol. The first-order valence-electron chi connectivity index (χ1n) is 18.3. The van der Waals surface area contributed by atoms with Gasteiger partial charge in [-0.2, -0.15) is 10.5 Å². The summed E-state index contributed by atoms with van der Waals surface area (Å²) in [5.41, 5.74) is 12.5. The highest BCUT2D eigenvalue weighted by Crippen LogP contribution is 2.39. The van der Waals surface area contributed by atoms with Crippen molar-refractivity contribution >= 4 is 65.4 Å². The molecule has 8 aromatic carbocycles. The van der Waals surface area contributed by atoms with E-state index in [9.17, 15) is 10.5 Å². The molecule has 0 aliphatic rings. The van der Waals surface area contributed by atoms with E-state index in [2.05, 4.69) is 165 Å². The number of hydrogen-bond acceptors (Lipinski definition) is 2. The summed E-state index contributed by atoms with van der Waals surface area (Å²) in [7, 11) is 0. The van der Waals surface area contributed by atoms with Gasteiger partial charge in [-0.05, 0) is 90.0 Å². The van der Waals surface area contributed by atoms with Gasteiger partial charge in [0.05, 0.1) is 50.3 Å². The van der Waals surface area contributed by atoms with Gasteiger partial charge in [-0.3, -0.25) is 0 Å². The van der Waals surface area contributed by atoms with Crippen molar-refractivity contribution < 1.29 is 0 Å². The van der Waals surface area contributed by atoms with Gasteiger partial charge in [0.15, 0.2) is 0 Å². The third-order valence-corrected chi connectivity index (χ3v) is 11.1. The average Bonchev–Trinajstić information content (AvgIpc) is 3.89. The highest BCUT2D eigenvalue weighted by atomic mass is 15.0. The third-order valence-electron chi connectivity index (χ3n) is 11.1. The van der Waals surface area contributed by atoms with Gasteiger partial charge in [-0.15, -0.1) is 0 Å². The second kappa shape index (κ2) is 11.8. The number of aromatic nitrogens is 3. The molecule has 0 fully saturated rings. The van der Waals surface area contributed by atoms with Crippen molar-refractivity contribution in [1.29, 1.82) is 10.5 Å². The Bertz CT molecular complexity index is 3420. The molecule has 3 heterocycles. The number of nitriles is 2. The van der Waals surface area contributed by atoms with E-state index in [1.54, 1.807) is 0 Å². The molecule has 0 spiro atoms. The molecule has 5 heteroatoms. The van der Waals surface area contributed by atoms with Crippen molar-refractivity contribution in [2.75, 3.05) is 0 Å². The number of fused-ring (bicyclic) bond motifs is 9. The Morgan fingerprint density at radius 3 is 1.47 bits per heavy atom. The van der Waals surface area contributed by atoms with Gasteiger partial charge in [-0.25, -0.2) is 0 Å². The Balaban J connectivity index is 1.10. The molecule has 55 heavy (non-hydrogen) atoms. The van der Waals surface area contributed by atoms with Gasteiger partial charge >= 0.3 is 0 Å². The van der Waals surface area contributed by atoms with Gasteiger partial charge in [0.25, 0.3) is 0 Å². The topological polar surface area (TPSA) is 62.4 Å². The van der Waals surface area contributed by atoms with Crippen LogP contribution in [-0.4, -0.2) is 13.7 Å². The normalized spacial score (nSPS) is 11.6. The first-order chi connectivity index (χ1) is 27.2. The molecule has 0 atom stereocenters. The molecule has 0 amide bonds. The molecule has 3 aromatic heterocycles. The predicted octanol–water partition coefficient (Wildman–Crippen LogP) is 12.4. The molecule has 0 radical (unpaired) electrons. The van der Waals surface area contributed by atoms with Crippen LogP contribution in [0.1, 0.15) is 11.1 Å². The molecule has 0 aliphatic heterocycles. The van der Waals surface area contributed by atoms with E-state index >= 15 is 0 Å². The van der Waals surface area contributed by atoms with Crippen LogP contribution in [0.2, 0.25) is 0 Å². The van der Waals surface area contributed by atoms with Crippen LogP contribution in [0.3, 0.4) is 0 Å². The molecule has 0 aliphatic carbocycles. The zero-order chi connectivity index (χ0) is 36.6. The molecule has 254 valence electrons. The quantitative estimate of drug-likeness (QED) is 0.184. The van der Waals surface area contributed by atoms with Crippen LogP contribution in [0.5, 0.6) is 0 Å². The van der Waals surface area contributed by atoms with E-state index in [4.69, 9.17) is 0 Å². The monoisotopic (exact) mass is 699 g/mol. The standard InChI is InChI=1S/C50H29N5/c51-30-32-25-35(28-38(26-32)55-48-22-8-3-16-41(48)43-18-10-12-34(31-52)50(43)55)33-11-9-13-36(27-33)53-47-21-7-4-17-42(47)44-29-37(23-24-49(44)53)54-45-19-5-1-14-39(45)40-15-2-6-20-46(40)54/h1-29H. The van der Waals surface area contributed by atoms with Crippen molar-refractivity contribution in [2.24, 2.45) is 0 Å². The molecule has 0 bridgehead atoms. The lowest BCUT2D eigenvalue weighted by Crippen LogP contribution is -1.98. The summed E-state index contributed by atoms with van der Waals surface area (Å²) < 4.78 is 6.83. The number of benzene rings is 8. The number of rotatable bonds is 4. The summed E-state index contributed by atoms with van der Waals surface area (Å²) in [6, 6.07) is 66.0. The van der Waals surface area contributed by atoms with Crippen molar-refractivity contribution in [3.63, 3.8) is 0 Å². The van der Waals surface area contributed by atoms with Crippen molar-refractivity contribution in [2.45, 2.75) is 0 Å². The summed E-state index contributed by atoms with van der Waals surface area (Å²) in [5, 5.41) is 27.4. The highest BCUT2D eigenvalue weighted by molar-refractivity contribution is 6.13. The van der Waals surface area contributed by atoms with E-state index in [1.807, 2.05) is 36.4 Å². The summed E-state index contributed by atoms with van der Waals surface area (Å²) in [6.07, 6.45) is 0. The number of nitrogens with zero attached hydrogens (tertiary/aromatic N) is 5. The number of para-hydroxylation sites is 5. The zero-order valence-electron chi connectivity index (χ0n) is 29.5. The zero-order valence-corrected chi connectivity index (χ0v) is 29.5. The molecule has 0 N–H and O–H groups in total. The van der Waals surface area contributed by atoms with Crippen LogP contribution in [0.4, 0.5) is 0 Å². The molecule has 5 nitrogen and oxygen atoms in total. The van der Waals surface area contributed by atoms with Crippen LogP contribution in [0, 0.1) is 22.7 Å². The molecule has 11 aromatic rings. The maximum absolute atomic E-state index is 10.3.